The van der Waals surface area contributed by atoms with E-state index in [2.05, 4.69) is 209 Å². The highest BCUT2D eigenvalue weighted by Gasteiger charge is 2.21. The molecule has 0 unspecified atom stereocenters. The Hall–Kier alpha value is -8.93. The number of benzene rings is 10. The highest BCUT2D eigenvalue weighted by Crippen LogP contribution is 2.43. The second-order valence-electron chi connectivity index (χ2n) is 17.7. The minimum atomic E-state index is 0.121. The number of rotatable bonds is 3. The lowest BCUT2D eigenvalue weighted by atomic mass is 10.0. The molecule has 324 valence electrons. The Labute approximate surface area is 393 Å². The zero-order valence-electron chi connectivity index (χ0n) is 37.9. The molecule has 0 radical (unpaired) electrons. The Balaban J connectivity index is 0.000000256. The Morgan fingerprint density at radius 2 is 0.779 bits per heavy atom. The number of nitrogen functional groups attached to an aromatic ring is 1. The number of nitrogens with two attached hydrogens (primary N) is 1. The molecule has 4 heterocycles. The molecular formula is C63H47N5. The van der Waals surface area contributed by atoms with Crippen LogP contribution in [0, 0.1) is 19.3 Å². The van der Waals surface area contributed by atoms with Gasteiger partial charge in [0.2, 0.25) is 0 Å². The summed E-state index contributed by atoms with van der Waals surface area (Å²) in [5.41, 5.74) is 21.8. The summed E-state index contributed by atoms with van der Waals surface area (Å²) in [5, 5.41) is 17.1. The Bertz CT molecular complexity index is 4230. The van der Waals surface area contributed by atoms with Crippen LogP contribution in [0.5, 0.6) is 0 Å². The third kappa shape index (κ3) is 6.67. The summed E-state index contributed by atoms with van der Waals surface area (Å²) >= 11 is 0. The van der Waals surface area contributed by atoms with Gasteiger partial charge in [0.15, 0.2) is 0 Å². The van der Waals surface area contributed by atoms with Crippen LogP contribution in [0.1, 0.15) is 16.7 Å². The van der Waals surface area contributed by atoms with Gasteiger partial charge in [-0.3, -0.25) is 5.41 Å². The van der Waals surface area contributed by atoms with Crippen LogP contribution in [0.3, 0.4) is 0 Å². The molecule has 5 nitrogen and oxygen atoms in total. The smallest absolute Gasteiger partial charge is 0.122 e. The summed E-state index contributed by atoms with van der Waals surface area (Å²) < 4.78 is 7.53. The molecule has 0 bridgehead atoms. The largest absolute Gasteiger partial charge is 0.384 e. The first-order chi connectivity index (χ1) is 33.4. The summed E-state index contributed by atoms with van der Waals surface area (Å²) in [4.78, 5) is 0. The molecule has 0 aliphatic heterocycles. The van der Waals surface area contributed by atoms with Gasteiger partial charge in [-0.05, 0) is 67.4 Å². The van der Waals surface area contributed by atoms with E-state index in [1.54, 1.807) is 0 Å². The maximum atomic E-state index is 7.01. The fraction of sp³-hybridized carbons (Fsp3) is 0.0317. The van der Waals surface area contributed by atoms with Crippen LogP contribution < -0.4 is 5.73 Å². The van der Waals surface area contributed by atoms with E-state index in [0.29, 0.717) is 0 Å². The van der Waals surface area contributed by atoms with Crippen LogP contribution in [0.4, 0.5) is 0 Å². The molecular weight excluding hydrogens is 827 g/mol. The zero-order valence-corrected chi connectivity index (χ0v) is 37.9. The molecule has 0 fully saturated rings. The van der Waals surface area contributed by atoms with E-state index in [1.807, 2.05) is 48.5 Å². The first-order valence-corrected chi connectivity index (χ1v) is 23.1. The Morgan fingerprint density at radius 3 is 1.29 bits per heavy atom. The molecule has 5 heteroatoms. The van der Waals surface area contributed by atoms with Crippen LogP contribution in [-0.2, 0) is 0 Å². The van der Waals surface area contributed by atoms with Crippen molar-refractivity contribution in [3.63, 3.8) is 0 Å². The number of nitrogens with zero attached hydrogens (tertiary/aromatic N) is 3. The van der Waals surface area contributed by atoms with Crippen LogP contribution in [-0.4, -0.2) is 19.2 Å². The van der Waals surface area contributed by atoms with Crippen LogP contribution in [0.2, 0.25) is 0 Å². The predicted octanol–water partition coefficient (Wildman–Crippen LogP) is 16.0. The summed E-state index contributed by atoms with van der Waals surface area (Å²) in [5.74, 6) is 0.121. The average molecular weight is 874 g/mol. The minimum absolute atomic E-state index is 0.121. The highest BCUT2D eigenvalue weighted by molar-refractivity contribution is 6.26. The molecule has 14 aromatic rings. The number of fused-ring (bicyclic) bond motifs is 13. The first-order valence-electron chi connectivity index (χ1n) is 23.1. The van der Waals surface area contributed by atoms with Crippen molar-refractivity contribution in [2.75, 3.05) is 0 Å². The van der Waals surface area contributed by atoms with Crippen molar-refractivity contribution in [3.8, 4) is 16.8 Å². The van der Waals surface area contributed by atoms with Gasteiger partial charge < -0.3 is 19.1 Å². The molecule has 14 rings (SSSR count). The highest BCUT2D eigenvalue weighted by atomic mass is 15.0. The maximum Gasteiger partial charge on any atom is 0.122 e. The van der Waals surface area contributed by atoms with E-state index in [4.69, 9.17) is 11.1 Å². The topological polar surface area (TPSA) is 63.6 Å². The van der Waals surface area contributed by atoms with E-state index in [-0.39, 0.29) is 5.84 Å². The molecule has 0 aliphatic rings. The van der Waals surface area contributed by atoms with Crippen molar-refractivity contribution in [2.45, 2.75) is 13.8 Å². The van der Waals surface area contributed by atoms with Gasteiger partial charge in [0.1, 0.15) is 5.84 Å². The third-order valence-corrected chi connectivity index (χ3v) is 13.4. The standard InChI is InChI=1S/C49H31N3.C7H8N2.C7H8/c1-30-11-8-12-32(27-30)31-23-25-33(26-24-31)50-42-20-5-4-15-36(42)41-28-46-47(29-45(41)50)52-44-22-7-3-14-35(44)38-17-10-19-40(49(38)52)39-18-9-16-37-34-13-2-6-21-43(34)51(46)48(37)39;8-7(9)6-4-2-1-3-5-6;1-7-5-3-2-4-6-7/h2-29H,1H3;1-5H,(H3,8,9);2-6H,1H3. The molecule has 3 N–H and O–H groups in total. The molecule has 4 aromatic heterocycles. The van der Waals surface area contributed by atoms with Gasteiger partial charge in [0.05, 0.1) is 44.1 Å². The van der Waals surface area contributed by atoms with Gasteiger partial charge in [0, 0.05) is 54.3 Å². The quantitative estimate of drug-likeness (QED) is 0.135. The monoisotopic (exact) mass is 873 g/mol. The molecule has 0 amide bonds. The van der Waals surface area contributed by atoms with Crippen molar-refractivity contribution in [1.82, 2.24) is 13.4 Å². The third-order valence-electron chi connectivity index (χ3n) is 13.4. The van der Waals surface area contributed by atoms with Crippen molar-refractivity contribution in [1.29, 1.82) is 5.41 Å². The van der Waals surface area contributed by atoms with Gasteiger partial charge in [-0.25, -0.2) is 0 Å². The lowest BCUT2D eigenvalue weighted by Gasteiger charge is -2.13. The van der Waals surface area contributed by atoms with E-state index in [1.165, 1.54) is 109 Å². The van der Waals surface area contributed by atoms with E-state index in [0.717, 1.165) is 11.3 Å². The SMILES string of the molecule is Cc1cccc(-c2ccc(-n3c4ccccc4c4cc5c(cc43)n3c4ccccc4c4cccc(c6cccc7c8ccccc8n5c76)c43)cc2)c1.Cc1ccccc1.N=C(N)c1ccccc1. The number of aromatic nitrogens is 3. The maximum absolute atomic E-state index is 7.01. The summed E-state index contributed by atoms with van der Waals surface area (Å²) in [6, 6.07) is 82.5. The number of amidine groups is 1. The molecule has 0 atom stereocenters. The fourth-order valence-corrected chi connectivity index (χ4v) is 10.4. The van der Waals surface area contributed by atoms with Crippen LogP contribution in [0.15, 0.2) is 231 Å². The number of hydrogen-bond donors (Lipinski definition) is 2. The molecule has 10 aromatic carbocycles. The second kappa shape index (κ2) is 16.5. The molecule has 68 heavy (non-hydrogen) atoms. The Morgan fingerprint density at radius 1 is 0.338 bits per heavy atom. The molecule has 0 spiro atoms. The van der Waals surface area contributed by atoms with Crippen molar-refractivity contribution in [3.05, 3.63) is 247 Å². The van der Waals surface area contributed by atoms with Gasteiger partial charge in [-0.2, -0.15) is 0 Å². The molecule has 0 aliphatic carbocycles. The average Bonchev–Trinajstić information content (AvgIpc) is 4.02. The molecule has 0 saturated carbocycles. The van der Waals surface area contributed by atoms with Gasteiger partial charge in [-0.15, -0.1) is 0 Å². The molecule has 0 saturated heterocycles. The second-order valence-corrected chi connectivity index (χ2v) is 17.7. The van der Waals surface area contributed by atoms with Crippen LogP contribution >= 0.6 is 0 Å². The van der Waals surface area contributed by atoms with Gasteiger partial charge in [0.25, 0.3) is 0 Å². The summed E-state index contributed by atoms with van der Waals surface area (Å²) in [7, 11) is 0. The zero-order chi connectivity index (χ0) is 45.9. The van der Waals surface area contributed by atoms with Gasteiger partial charge in [-0.1, -0.05) is 199 Å². The van der Waals surface area contributed by atoms with E-state index in [9.17, 15) is 0 Å². The number of aryl methyl sites for hydroxylation is 2. The number of hydrogen-bond acceptors (Lipinski definition) is 1. The number of para-hydroxylation sites is 5. The minimum Gasteiger partial charge on any atom is -0.384 e. The predicted molar refractivity (Wildman–Crippen MR) is 289 cm³/mol. The normalized spacial score (nSPS) is 11.5. The summed E-state index contributed by atoms with van der Waals surface area (Å²) in [6.07, 6.45) is 0. The number of nitrogens with one attached hydrogen (secondary N) is 1. The van der Waals surface area contributed by atoms with E-state index < -0.39 is 0 Å². The van der Waals surface area contributed by atoms with Crippen LogP contribution in [0.25, 0.3) is 104 Å². The lowest BCUT2D eigenvalue weighted by molar-refractivity contribution is 1.18. The lowest BCUT2D eigenvalue weighted by Crippen LogP contribution is -2.10. The fourth-order valence-electron chi connectivity index (χ4n) is 10.4. The Kier molecular flexibility index (Phi) is 9.84. The van der Waals surface area contributed by atoms with Crippen molar-refractivity contribution < 1.29 is 0 Å². The van der Waals surface area contributed by atoms with Crippen molar-refractivity contribution >= 4 is 93.1 Å². The van der Waals surface area contributed by atoms with E-state index >= 15 is 0 Å². The summed E-state index contributed by atoms with van der Waals surface area (Å²) in [6.45, 7) is 4.24. The first kappa shape index (κ1) is 40.6. The van der Waals surface area contributed by atoms with Gasteiger partial charge >= 0.3 is 0 Å². The van der Waals surface area contributed by atoms with Crippen molar-refractivity contribution in [2.24, 2.45) is 5.73 Å².